The van der Waals surface area contributed by atoms with Gasteiger partial charge in [-0.25, -0.2) is 4.98 Å². The molecule has 2 saturated heterocycles. The van der Waals surface area contributed by atoms with Crippen LogP contribution in [0.5, 0.6) is 0 Å². The minimum absolute atomic E-state index is 0.0215. The van der Waals surface area contributed by atoms with E-state index in [1.807, 2.05) is 41.4 Å². The first-order valence-corrected chi connectivity index (χ1v) is 10.2. The van der Waals surface area contributed by atoms with Gasteiger partial charge in [0, 0.05) is 70.4 Å². The van der Waals surface area contributed by atoms with Crippen molar-refractivity contribution >= 4 is 11.7 Å². The highest BCUT2D eigenvalue weighted by atomic mass is 16.2. The third-order valence-electron chi connectivity index (χ3n) is 5.93. The molecule has 0 unspecified atom stereocenters. The van der Waals surface area contributed by atoms with Crippen molar-refractivity contribution in [1.29, 1.82) is 0 Å². The van der Waals surface area contributed by atoms with Crippen molar-refractivity contribution in [2.24, 2.45) is 5.73 Å². The van der Waals surface area contributed by atoms with Gasteiger partial charge in [-0.15, -0.1) is 0 Å². The van der Waals surface area contributed by atoms with E-state index in [9.17, 15) is 4.79 Å². The SMILES string of the molecule is N[C@@H]1CN(C(=O)CCN2CCN(c3ccccn3)CC2)C[C@H]1c1ccccc1. The Morgan fingerprint density at radius 1 is 1.00 bits per heavy atom. The number of amides is 1. The normalized spacial score (nSPS) is 23.2. The van der Waals surface area contributed by atoms with Crippen LogP contribution in [0.4, 0.5) is 5.82 Å². The topological polar surface area (TPSA) is 65.7 Å². The lowest BCUT2D eigenvalue weighted by molar-refractivity contribution is -0.130. The van der Waals surface area contributed by atoms with Gasteiger partial charge in [0.25, 0.3) is 0 Å². The van der Waals surface area contributed by atoms with E-state index in [0.717, 1.165) is 45.1 Å². The summed E-state index contributed by atoms with van der Waals surface area (Å²) in [5.41, 5.74) is 7.57. The van der Waals surface area contributed by atoms with E-state index in [4.69, 9.17) is 5.73 Å². The number of carbonyl (C=O) groups is 1. The maximum Gasteiger partial charge on any atom is 0.223 e. The molecule has 0 saturated carbocycles. The van der Waals surface area contributed by atoms with E-state index in [2.05, 4.69) is 33.0 Å². The summed E-state index contributed by atoms with van der Waals surface area (Å²) in [6, 6.07) is 16.4. The molecular formula is C22H29N5O. The number of anilines is 1. The Hall–Kier alpha value is -2.44. The van der Waals surface area contributed by atoms with Gasteiger partial charge < -0.3 is 15.5 Å². The number of pyridine rings is 1. The van der Waals surface area contributed by atoms with Gasteiger partial charge in [0.2, 0.25) is 5.91 Å². The molecule has 28 heavy (non-hydrogen) atoms. The van der Waals surface area contributed by atoms with Crippen LogP contribution in [0.25, 0.3) is 0 Å². The number of nitrogens with zero attached hydrogens (tertiary/aromatic N) is 4. The minimum atomic E-state index is 0.0215. The Bertz CT molecular complexity index is 761. The second-order valence-electron chi connectivity index (χ2n) is 7.75. The molecule has 0 bridgehead atoms. The predicted octanol–water partition coefficient (Wildman–Crippen LogP) is 1.55. The van der Waals surface area contributed by atoms with Crippen molar-refractivity contribution in [2.45, 2.75) is 18.4 Å². The Labute approximate surface area is 166 Å². The van der Waals surface area contributed by atoms with Crippen LogP contribution in [0.2, 0.25) is 0 Å². The maximum atomic E-state index is 12.7. The summed E-state index contributed by atoms with van der Waals surface area (Å²) in [5.74, 6) is 1.50. The number of piperazine rings is 1. The molecule has 2 aromatic rings. The largest absolute Gasteiger partial charge is 0.354 e. The van der Waals surface area contributed by atoms with E-state index in [0.29, 0.717) is 13.0 Å². The summed E-state index contributed by atoms with van der Waals surface area (Å²) in [6.45, 7) is 6.05. The number of hydrogen-bond acceptors (Lipinski definition) is 5. The number of aromatic nitrogens is 1. The predicted molar refractivity (Wildman–Crippen MR) is 111 cm³/mol. The molecular weight excluding hydrogens is 350 g/mol. The summed E-state index contributed by atoms with van der Waals surface area (Å²) in [4.78, 5) is 23.8. The highest BCUT2D eigenvalue weighted by molar-refractivity contribution is 5.77. The number of nitrogens with two attached hydrogens (primary N) is 1. The highest BCUT2D eigenvalue weighted by Gasteiger charge is 2.33. The first kappa shape index (κ1) is 18.9. The quantitative estimate of drug-likeness (QED) is 0.854. The fraction of sp³-hybridized carbons (Fsp3) is 0.455. The van der Waals surface area contributed by atoms with Crippen molar-refractivity contribution in [3.05, 3.63) is 60.3 Å². The van der Waals surface area contributed by atoms with E-state index < -0.39 is 0 Å². The van der Waals surface area contributed by atoms with Gasteiger partial charge in [0.1, 0.15) is 5.82 Å². The van der Waals surface area contributed by atoms with E-state index in [-0.39, 0.29) is 17.9 Å². The standard InChI is InChI=1S/C22H29N5O/c23-20-17-27(16-19(20)18-6-2-1-3-7-18)22(28)9-11-25-12-14-26(15-13-25)21-8-4-5-10-24-21/h1-8,10,19-20H,9,11-17,23H2/t19-,20+/m0/s1. The van der Waals surface area contributed by atoms with E-state index in [1.165, 1.54) is 5.56 Å². The molecule has 1 aromatic carbocycles. The molecule has 4 rings (SSSR count). The van der Waals surface area contributed by atoms with Crippen molar-refractivity contribution in [3.8, 4) is 0 Å². The molecule has 3 heterocycles. The van der Waals surface area contributed by atoms with E-state index in [1.54, 1.807) is 0 Å². The zero-order chi connectivity index (χ0) is 19.3. The Balaban J connectivity index is 1.23. The summed E-state index contributed by atoms with van der Waals surface area (Å²) in [7, 11) is 0. The molecule has 2 aliphatic heterocycles. The van der Waals surface area contributed by atoms with Gasteiger partial charge >= 0.3 is 0 Å². The monoisotopic (exact) mass is 379 g/mol. The Kier molecular flexibility index (Phi) is 5.88. The molecule has 2 atom stereocenters. The highest BCUT2D eigenvalue weighted by Crippen LogP contribution is 2.26. The minimum Gasteiger partial charge on any atom is -0.354 e. The van der Waals surface area contributed by atoms with Crippen LogP contribution in [0.15, 0.2) is 54.7 Å². The molecule has 2 aliphatic rings. The lowest BCUT2D eigenvalue weighted by atomic mass is 9.95. The van der Waals surface area contributed by atoms with Gasteiger partial charge in [-0.1, -0.05) is 36.4 Å². The number of benzene rings is 1. The molecule has 148 valence electrons. The van der Waals surface area contributed by atoms with Crippen LogP contribution < -0.4 is 10.6 Å². The maximum absolute atomic E-state index is 12.7. The van der Waals surface area contributed by atoms with Crippen LogP contribution in [-0.4, -0.2) is 72.5 Å². The molecule has 6 heteroatoms. The molecule has 0 spiro atoms. The Morgan fingerprint density at radius 2 is 1.75 bits per heavy atom. The second-order valence-corrected chi connectivity index (χ2v) is 7.75. The average molecular weight is 380 g/mol. The first-order chi connectivity index (χ1) is 13.7. The summed E-state index contributed by atoms with van der Waals surface area (Å²) in [5, 5.41) is 0. The molecule has 1 amide bonds. The molecule has 0 aliphatic carbocycles. The van der Waals surface area contributed by atoms with Gasteiger partial charge in [-0.05, 0) is 17.7 Å². The van der Waals surface area contributed by atoms with E-state index >= 15 is 0 Å². The van der Waals surface area contributed by atoms with Gasteiger partial charge in [-0.3, -0.25) is 9.69 Å². The van der Waals surface area contributed by atoms with Gasteiger partial charge in [0.15, 0.2) is 0 Å². The Morgan fingerprint density at radius 3 is 2.46 bits per heavy atom. The lowest BCUT2D eigenvalue weighted by Gasteiger charge is -2.35. The molecule has 0 radical (unpaired) electrons. The summed E-state index contributed by atoms with van der Waals surface area (Å²) >= 11 is 0. The van der Waals surface area contributed by atoms with Gasteiger partial charge in [-0.2, -0.15) is 0 Å². The smallest absolute Gasteiger partial charge is 0.223 e. The summed E-state index contributed by atoms with van der Waals surface area (Å²) < 4.78 is 0. The number of hydrogen-bond donors (Lipinski definition) is 1. The van der Waals surface area contributed by atoms with Crippen molar-refractivity contribution in [1.82, 2.24) is 14.8 Å². The third-order valence-corrected chi connectivity index (χ3v) is 5.93. The molecule has 1 aromatic heterocycles. The van der Waals surface area contributed by atoms with Crippen LogP contribution in [0, 0.1) is 0 Å². The summed E-state index contributed by atoms with van der Waals surface area (Å²) in [6.07, 6.45) is 2.40. The van der Waals surface area contributed by atoms with Crippen LogP contribution >= 0.6 is 0 Å². The van der Waals surface area contributed by atoms with Crippen molar-refractivity contribution in [2.75, 3.05) is 50.7 Å². The van der Waals surface area contributed by atoms with Crippen molar-refractivity contribution < 1.29 is 4.79 Å². The third kappa shape index (κ3) is 4.34. The van der Waals surface area contributed by atoms with Crippen molar-refractivity contribution in [3.63, 3.8) is 0 Å². The fourth-order valence-electron chi connectivity index (χ4n) is 4.24. The lowest BCUT2D eigenvalue weighted by Crippen LogP contribution is -2.47. The fourth-order valence-corrected chi connectivity index (χ4v) is 4.24. The zero-order valence-electron chi connectivity index (χ0n) is 16.3. The molecule has 2 N–H and O–H groups in total. The van der Waals surface area contributed by atoms with Crippen LogP contribution in [0.3, 0.4) is 0 Å². The average Bonchev–Trinajstić information content (AvgIpc) is 3.15. The first-order valence-electron chi connectivity index (χ1n) is 10.2. The number of likely N-dealkylation sites (tertiary alicyclic amines) is 1. The number of rotatable bonds is 5. The van der Waals surface area contributed by atoms with Gasteiger partial charge in [0.05, 0.1) is 0 Å². The molecule has 6 nitrogen and oxygen atoms in total. The van der Waals surface area contributed by atoms with Crippen LogP contribution in [0.1, 0.15) is 17.9 Å². The van der Waals surface area contributed by atoms with Crippen LogP contribution in [-0.2, 0) is 4.79 Å². The second kappa shape index (κ2) is 8.71. The zero-order valence-corrected chi connectivity index (χ0v) is 16.3. The molecule has 2 fully saturated rings. The number of carbonyl (C=O) groups excluding carboxylic acids is 1.